The van der Waals surface area contributed by atoms with Crippen molar-refractivity contribution in [3.63, 3.8) is 0 Å². The van der Waals surface area contributed by atoms with Crippen LogP contribution < -0.4 is 5.73 Å². The van der Waals surface area contributed by atoms with Gasteiger partial charge in [-0.1, -0.05) is 15.9 Å². The first-order valence-corrected chi connectivity index (χ1v) is 7.64. The van der Waals surface area contributed by atoms with Crippen molar-refractivity contribution in [2.75, 3.05) is 12.8 Å². The molecule has 2 rings (SSSR count). The van der Waals surface area contributed by atoms with Gasteiger partial charge in [-0.15, -0.1) is 11.8 Å². The van der Waals surface area contributed by atoms with E-state index in [9.17, 15) is 4.79 Å². The topological polar surface area (TPSA) is 65.5 Å². The number of rotatable bonds is 4. The van der Waals surface area contributed by atoms with E-state index < -0.39 is 5.97 Å². The largest absolute Gasteiger partial charge is 0.463 e. The molecule has 0 aliphatic rings. The van der Waals surface area contributed by atoms with Crippen LogP contribution in [-0.4, -0.2) is 13.1 Å². The maximum Gasteiger partial charge on any atom is 0.374 e. The van der Waals surface area contributed by atoms with Crippen LogP contribution in [0.25, 0.3) is 0 Å². The molecule has 0 saturated heterocycles. The average molecular weight is 356 g/mol. The van der Waals surface area contributed by atoms with E-state index in [-0.39, 0.29) is 5.76 Å². The first kappa shape index (κ1) is 15.0. The number of anilines is 1. The SMILES string of the molecule is COC(=O)c1oc(CSc2cc(Br)ccc2N)cc1C. The Kier molecular flexibility index (Phi) is 4.77. The van der Waals surface area contributed by atoms with Crippen LogP contribution in [0.3, 0.4) is 0 Å². The summed E-state index contributed by atoms with van der Waals surface area (Å²) in [5.41, 5.74) is 7.40. The number of nitrogen functional groups attached to an aromatic ring is 1. The minimum Gasteiger partial charge on any atom is -0.463 e. The Morgan fingerprint density at radius 3 is 2.90 bits per heavy atom. The predicted molar refractivity (Wildman–Crippen MR) is 82.9 cm³/mol. The van der Waals surface area contributed by atoms with Crippen LogP contribution in [0.1, 0.15) is 21.9 Å². The van der Waals surface area contributed by atoms with Crippen LogP contribution in [0.15, 0.2) is 38.1 Å². The smallest absolute Gasteiger partial charge is 0.374 e. The molecule has 0 aliphatic heterocycles. The number of aryl methyl sites for hydroxylation is 1. The van der Waals surface area contributed by atoms with Crippen LogP contribution in [-0.2, 0) is 10.5 Å². The quantitative estimate of drug-likeness (QED) is 0.509. The number of esters is 1. The van der Waals surface area contributed by atoms with E-state index in [4.69, 9.17) is 10.2 Å². The summed E-state index contributed by atoms with van der Waals surface area (Å²) < 4.78 is 11.1. The Balaban J connectivity index is 2.11. The van der Waals surface area contributed by atoms with Crippen LogP contribution in [0.4, 0.5) is 5.69 Å². The lowest BCUT2D eigenvalue weighted by atomic mass is 10.3. The number of methoxy groups -OCH3 is 1. The molecule has 0 atom stereocenters. The molecule has 0 spiro atoms. The zero-order chi connectivity index (χ0) is 14.7. The first-order chi connectivity index (χ1) is 9.51. The first-order valence-electron chi connectivity index (χ1n) is 5.86. The lowest BCUT2D eigenvalue weighted by Crippen LogP contribution is -2.00. The van der Waals surface area contributed by atoms with Gasteiger partial charge in [0.25, 0.3) is 0 Å². The number of carbonyl (C=O) groups is 1. The fraction of sp³-hybridized carbons (Fsp3) is 0.214. The van der Waals surface area contributed by atoms with E-state index in [1.54, 1.807) is 11.8 Å². The number of carbonyl (C=O) groups excluding carboxylic acids is 1. The fourth-order valence-corrected chi connectivity index (χ4v) is 3.09. The van der Waals surface area contributed by atoms with Crippen molar-refractivity contribution in [1.82, 2.24) is 0 Å². The number of thioether (sulfide) groups is 1. The van der Waals surface area contributed by atoms with Gasteiger partial charge in [0.05, 0.1) is 12.9 Å². The standard InChI is InChI=1S/C14H14BrNO3S/c1-8-5-10(19-13(8)14(17)18-2)7-20-12-6-9(15)3-4-11(12)16/h3-6H,7,16H2,1-2H3. The summed E-state index contributed by atoms with van der Waals surface area (Å²) in [7, 11) is 1.33. The molecule has 1 aromatic carbocycles. The predicted octanol–water partition coefficient (Wildman–Crippen LogP) is 4.01. The third-order valence-electron chi connectivity index (χ3n) is 2.69. The van der Waals surface area contributed by atoms with Gasteiger partial charge in [0, 0.05) is 20.6 Å². The van der Waals surface area contributed by atoms with Gasteiger partial charge in [0.2, 0.25) is 5.76 Å². The summed E-state index contributed by atoms with van der Waals surface area (Å²) in [6, 6.07) is 7.54. The normalized spacial score (nSPS) is 10.6. The molecule has 2 N–H and O–H groups in total. The molecule has 1 aromatic heterocycles. The monoisotopic (exact) mass is 355 g/mol. The average Bonchev–Trinajstić information content (AvgIpc) is 2.80. The molecule has 0 amide bonds. The van der Waals surface area contributed by atoms with Crippen molar-refractivity contribution in [3.05, 3.63) is 45.8 Å². The van der Waals surface area contributed by atoms with Crippen molar-refractivity contribution in [1.29, 1.82) is 0 Å². The molecule has 2 aromatic rings. The molecule has 4 nitrogen and oxygen atoms in total. The Morgan fingerprint density at radius 1 is 1.45 bits per heavy atom. The molecule has 106 valence electrons. The highest BCUT2D eigenvalue weighted by molar-refractivity contribution is 9.10. The van der Waals surface area contributed by atoms with Crippen LogP contribution in [0.2, 0.25) is 0 Å². The van der Waals surface area contributed by atoms with Gasteiger partial charge in [-0.25, -0.2) is 4.79 Å². The molecular weight excluding hydrogens is 342 g/mol. The van der Waals surface area contributed by atoms with Gasteiger partial charge in [-0.3, -0.25) is 0 Å². The third-order valence-corrected chi connectivity index (χ3v) is 4.27. The molecule has 1 heterocycles. The highest BCUT2D eigenvalue weighted by Crippen LogP contribution is 2.31. The lowest BCUT2D eigenvalue weighted by Gasteiger charge is -2.04. The van der Waals surface area contributed by atoms with Crippen LogP contribution in [0.5, 0.6) is 0 Å². The minimum absolute atomic E-state index is 0.255. The van der Waals surface area contributed by atoms with Gasteiger partial charge >= 0.3 is 5.97 Å². The van der Waals surface area contributed by atoms with E-state index in [1.165, 1.54) is 7.11 Å². The summed E-state index contributed by atoms with van der Waals surface area (Å²) in [6.45, 7) is 1.82. The van der Waals surface area contributed by atoms with Crippen LogP contribution >= 0.6 is 27.7 Å². The summed E-state index contributed by atoms with van der Waals surface area (Å²) in [5, 5.41) is 0. The van der Waals surface area contributed by atoms with E-state index in [0.717, 1.165) is 20.6 Å². The van der Waals surface area contributed by atoms with Crippen molar-refractivity contribution < 1.29 is 13.9 Å². The second kappa shape index (κ2) is 6.37. The third kappa shape index (κ3) is 3.37. The maximum atomic E-state index is 11.5. The molecule has 0 radical (unpaired) electrons. The fourth-order valence-electron chi connectivity index (χ4n) is 1.70. The molecule has 0 aliphatic carbocycles. The number of ether oxygens (including phenoxy) is 1. The van der Waals surface area contributed by atoms with E-state index in [0.29, 0.717) is 11.5 Å². The molecular formula is C14H14BrNO3S. The van der Waals surface area contributed by atoms with Crippen LogP contribution in [0, 0.1) is 6.92 Å². The zero-order valence-corrected chi connectivity index (χ0v) is 13.5. The number of halogens is 1. The van der Waals surface area contributed by atoms with Gasteiger partial charge < -0.3 is 14.9 Å². The van der Waals surface area contributed by atoms with Gasteiger partial charge in [0.15, 0.2) is 0 Å². The Morgan fingerprint density at radius 2 is 2.20 bits per heavy atom. The highest BCUT2D eigenvalue weighted by atomic mass is 79.9. The second-order valence-electron chi connectivity index (χ2n) is 4.19. The Hall–Kier alpha value is -1.40. The number of hydrogen-bond donors (Lipinski definition) is 1. The van der Waals surface area contributed by atoms with E-state index in [1.807, 2.05) is 31.2 Å². The molecule has 6 heteroatoms. The van der Waals surface area contributed by atoms with Crippen molar-refractivity contribution in [2.45, 2.75) is 17.6 Å². The number of benzene rings is 1. The second-order valence-corrected chi connectivity index (χ2v) is 6.12. The van der Waals surface area contributed by atoms with Crippen molar-refractivity contribution in [3.8, 4) is 0 Å². The molecule has 0 saturated carbocycles. The summed E-state index contributed by atoms with van der Waals surface area (Å²) in [5.74, 6) is 1.11. The highest BCUT2D eigenvalue weighted by Gasteiger charge is 2.16. The molecule has 0 bridgehead atoms. The minimum atomic E-state index is -0.458. The number of furan rings is 1. The van der Waals surface area contributed by atoms with Crippen molar-refractivity contribution >= 4 is 39.3 Å². The van der Waals surface area contributed by atoms with Gasteiger partial charge in [-0.05, 0) is 31.2 Å². The summed E-state index contributed by atoms with van der Waals surface area (Å²) in [6.07, 6.45) is 0. The van der Waals surface area contributed by atoms with E-state index >= 15 is 0 Å². The summed E-state index contributed by atoms with van der Waals surface area (Å²) >= 11 is 4.97. The molecule has 0 unspecified atom stereocenters. The number of hydrogen-bond acceptors (Lipinski definition) is 5. The maximum absolute atomic E-state index is 11.5. The molecule has 20 heavy (non-hydrogen) atoms. The zero-order valence-electron chi connectivity index (χ0n) is 11.1. The van der Waals surface area contributed by atoms with Gasteiger partial charge in [0.1, 0.15) is 5.76 Å². The number of nitrogens with two attached hydrogens (primary N) is 1. The van der Waals surface area contributed by atoms with Crippen molar-refractivity contribution in [2.24, 2.45) is 0 Å². The molecule has 0 fully saturated rings. The van der Waals surface area contributed by atoms with Gasteiger partial charge in [-0.2, -0.15) is 0 Å². The lowest BCUT2D eigenvalue weighted by molar-refractivity contribution is 0.0562. The summed E-state index contributed by atoms with van der Waals surface area (Å²) in [4.78, 5) is 12.4. The van der Waals surface area contributed by atoms with E-state index in [2.05, 4.69) is 20.7 Å². The Bertz CT molecular complexity index is 639. The Labute approximate surface area is 129 Å².